The lowest BCUT2D eigenvalue weighted by Gasteiger charge is -2.37. The minimum absolute atomic E-state index is 0.933. The molecular weight excluding hydrogens is 274 g/mol. The largest absolute Gasteiger partial charge is 0.357 e. The zero-order valence-electron chi connectivity index (χ0n) is 13.5. The van der Waals surface area contributed by atoms with Crippen LogP contribution in [0.2, 0.25) is 0 Å². The lowest BCUT2D eigenvalue weighted by Crippen LogP contribution is -2.52. The monoisotopic (exact) mass is 301 g/mol. The lowest BCUT2D eigenvalue weighted by molar-refractivity contribution is 0.371. The normalized spacial score (nSPS) is 19.4. The zero-order valence-corrected chi connectivity index (χ0v) is 13.5. The quantitative estimate of drug-likeness (QED) is 0.667. The molecule has 1 aliphatic heterocycles. The predicted molar refractivity (Wildman–Crippen MR) is 91.3 cm³/mol. The molecule has 2 heterocycles. The summed E-state index contributed by atoms with van der Waals surface area (Å²) >= 11 is 0. The predicted octanol–water partition coefficient (Wildman–Crippen LogP) is 1.97. The molecule has 1 aliphatic carbocycles. The maximum atomic E-state index is 4.81. The van der Waals surface area contributed by atoms with Gasteiger partial charge in [0, 0.05) is 45.5 Å². The van der Waals surface area contributed by atoms with E-state index in [0.29, 0.717) is 0 Å². The molecule has 5 heteroatoms. The van der Waals surface area contributed by atoms with Crippen molar-refractivity contribution in [3.8, 4) is 0 Å². The second kappa shape index (κ2) is 7.47. The summed E-state index contributed by atoms with van der Waals surface area (Å²) in [5.41, 5.74) is 0. The van der Waals surface area contributed by atoms with Crippen molar-refractivity contribution in [2.75, 3.05) is 44.2 Å². The average molecular weight is 301 g/mol. The van der Waals surface area contributed by atoms with E-state index in [4.69, 9.17) is 4.99 Å². The van der Waals surface area contributed by atoms with Crippen LogP contribution in [0.4, 0.5) is 5.82 Å². The summed E-state index contributed by atoms with van der Waals surface area (Å²) < 4.78 is 0. The van der Waals surface area contributed by atoms with Gasteiger partial charge >= 0.3 is 0 Å². The van der Waals surface area contributed by atoms with Crippen LogP contribution in [-0.2, 0) is 0 Å². The Hall–Kier alpha value is -1.78. The number of guanidine groups is 1. The fourth-order valence-corrected chi connectivity index (χ4v) is 2.87. The minimum atomic E-state index is 0.933. The minimum Gasteiger partial charge on any atom is -0.357 e. The first-order chi connectivity index (χ1) is 10.9. The first kappa shape index (κ1) is 15.1. The molecule has 0 bridgehead atoms. The van der Waals surface area contributed by atoms with Crippen LogP contribution in [0, 0.1) is 5.92 Å². The number of piperazine rings is 1. The number of rotatable bonds is 5. The Kier molecular flexibility index (Phi) is 5.14. The van der Waals surface area contributed by atoms with E-state index in [-0.39, 0.29) is 0 Å². The van der Waals surface area contributed by atoms with Crippen LogP contribution >= 0.6 is 0 Å². The van der Waals surface area contributed by atoms with Crippen LogP contribution in [0.25, 0.3) is 0 Å². The van der Waals surface area contributed by atoms with E-state index in [9.17, 15) is 0 Å². The third-order valence-electron chi connectivity index (χ3n) is 4.38. The van der Waals surface area contributed by atoms with E-state index in [0.717, 1.165) is 57.0 Å². The highest BCUT2D eigenvalue weighted by atomic mass is 15.4. The summed E-state index contributed by atoms with van der Waals surface area (Å²) in [5, 5.41) is 3.44. The second-order valence-electron chi connectivity index (χ2n) is 6.13. The molecule has 22 heavy (non-hydrogen) atoms. The topological polar surface area (TPSA) is 43.8 Å². The molecule has 2 fully saturated rings. The van der Waals surface area contributed by atoms with E-state index in [1.807, 2.05) is 12.3 Å². The number of aromatic nitrogens is 1. The summed E-state index contributed by atoms with van der Waals surface area (Å²) in [6, 6.07) is 6.11. The number of anilines is 1. The van der Waals surface area contributed by atoms with Gasteiger partial charge in [-0.15, -0.1) is 0 Å². The van der Waals surface area contributed by atoms with Gasteiger partial charge in [-0.05, 0) is 31.4 Å². The van der Waals surface area contributed by atoms with Crippen LogP contribution in [0.1, 0.15) is 26.2 Å². The molecule has 0 radical (unpaired) electrons. The van der Waals surface area contributed by atoms with E-state index in [1.54, 1.807) is 0 Å². The molecule has 1 N–H and O–H groups in total. The molecular formula is C17H27N5. The van der Waals surface area contributed by atoms with Crippen molar-refractivity contribution in [1.29, 1.82) is 0 Å². The Bertz CT molecular complexity index is 475. The zero-order chi connectivity index (χ0) is 15.2. The standard InChI is InChI=1S/C17H27N5/c1-2-18-17(20-10-8-15-6-7-15)22-13-11-21(12-14-22)16-5-3-4-9-19-16/h3-5,9,15H,2,6-8,10-14H2,1H3,(H,18,20). The highest BCUT2D eigenvalue weighted by Gasteiger charge is 2.22. The van der Waals surface area contributed by atoms with Crippen molar-refractivity contribution < 1.29 is 0 Å². The van der Waals surface area contributed by atoms with Crippen molar-refractivity contribution in [2.45, 2.75) is 26.2 Å². The van der Waals surface area contributed by atoms with Crippen LogP contribution in [0.5, 0.6) is 0 Å². The number of aliphatic imine (C=N–C) groups is 1. The van der Waals surface area contributed by atoms with Crippen LogP contribution in [0.3, 0.4) is 0 Å². The maximum absolute atomic E-state index is 4.81. The summed E-state index contributed by atoms with van der Waals surface area (Å²) in [7, 11) is 0. The van der Waals surface area contributed by atoms with E-state index >= 15 is 0 Å². The summed E-state index contributed by atoms with van der Waals surface area (Å²) in [6.45, 7) is 8.06. The molecule has 3 rings (SSSR count). The van der Waals surface area contributed by atoms with Gasteiger partial charge in [-0.25, -0.2) is 4.98 Å². The summed E-state index contributed by atoms with van der Waals surface area (Å²) in [6.07, 6.45) is 5.94. The van der Waals surface area contributed by atoms with Gasteiger partial charge in [0.1, 0.15) is 5.82 Å². The van der Waals surface area contributed by atoms with Gasteiger partial charge in [0.05, 0.1) is 0 Å². The average Bonchev–Trinajstić information content (AvgIpc) is 3.39. The van der Waals surface area contributed by atoms with E-state index < -0.39 is 0 Å². The maximum Gasteiger partial charge on any atom is 0.194 e. The first-order valence-corrected chi connectivity index (χ1v) is 8.56. The van der Waals surface area contributed by atoms with Gasteiger partial charge < -0.3 is 15.1 Å². The van der Waals surface area contributed by atoms with Crippen molar-refractivity contribution in [2.24, 2.45) is 10.9 Å². The fourth-order valence-electron chi connectivity index (χ4n) is 2.87. The Morgan fingerprint density at radius 1 is 1.27 bits per heavy atom. The van der Waals surface area contributed by atoms with Gasteiger partial charge in [0.2, 0.25) is 0 Å². The van der Waals surface area contributed by atoms with Crippen LogP contribution < -0.4 is 10.2 Å². The van der Waals surface area contributed by atoms with Gasteiger partial charge in [0.25, 0.3) is 0 Å². The fraction of sp³-hybridized carbons (Fsp3) is 0.647. The smallest absolute Gasteiger partial charge is 0.194 e. The van der Waals surface area contributed by atoms with Crippen molar-refractivity contribution in [3.63, 3.8) is 0 Å². The molecule has 0 atom stereocenters. The number of nitrogens with one attached hydrogen (secondary N) is 1. The van der Waals surface area contributed by atoms with Crippen molar-refractivity contribution in [3.05, 3.63) is 24.4 Å². The molecule has 0 amide bonds. The van der Waals surface area contributed by atoms with Gasteiger partial charge in [-0.3, -0.25) is 4.99 Å². The first-order valence-electron chi connectivity index (χ1n) is 8.56. The van der Waals surface area contributed by atoms with Crippen LogP contribution in [-0.4, -0.2) is 55.1 Å². The van der Waals surface area contributed by atoms with Crippen LogP contribution in [0.15, 0.2) is 29.4 Å². The molecule has 1 aromatic heterocycles. The molecule has 1 saturated heterocycles. The SMILES string of the molecule is CCNC(=NCCC1CC1)N1CCN(c2ccccn2)CC1. The molecule has 0 spiro atoms. The molecule has 120 valence electrons. The Balaban J connectivity index is 1.53. The third-order valence-corrected chi connectivity index (χ3v) is 4.38. The number of pyridine rings is 1. The van der Waals surface area contributed by atoms with E-state index in [1.165, 1.54) is 19.3 Å². The molecule has 0 unspecified atom stereocenters. The third kappa shape index (κ3) is 4.12. The van der Waals surface area contributed by atoms with E-state index in [2.05, 4.69) is 39.2 Å². The molecule has 1 aromatic rings. The number of hydrogen-bond donors (Lipinski definition) is 1. The Labute approximate surface area is 133 Å². The van der Waals surface area contributed by atoms with Gasteiger partial charge in [-0.2, -0.15) is 0 Å². The Morgan fingerprint density at radius 2 is 2.09 bits per heavy atom. The number of nitrogens with zero attached hydrogens (tertiary/aromatic N) is 4. The number of hydrogen-bond acceptors (Lipinski definition) is 3. The summed E-state index contributed by atoms with van der Waals surface area (Å²) in [5.74, 6) is 3.12. The Morgan fingerprint density at radius 3 is 2.73 bits per heavy atom. The van der Waals surface area contributed by atoms with Crippen molar-refractivity contribution in [1.82, 2.24) is 15.2 Å². The second-order valence-corrected chi connectivity index (χ2v) is 6.13. The highest BCUT2D eigenvalue weighted by Crippen LogP contribution is 2.32. The highest BCUT2D eigenvalue weighted by molar-refractivity contribution is 5.80. The van der Waals surface area contributed by atoms with Gasteiger partial charge in [0.15, 0.2) is 5.96 Å². The molecule has 1 saturated carbocycles. The summed E-state index contributed by atoms with van der Waals surface area (Å²) in [4.78, 5) is 14.0. The van der Waals surface area contributed by atoms with Gasteiger partial charge in [-0.1, -0.05) is 18.9 Å². The molecule has 2 aliphatic rings. The molecule has 5 nitrogen and oxygen atoms in total. The van der Waals surface area contributed by atoms with Crippen molar-refractivity contribution >= 4 is 11.8 Å². The lowest BCUT2D eigenvalue weighted by atomic mass is 10.3. The molecule has 0 aromatic carbocycles.